The number of alkyl halides is 2. The highest BCUT2D eigenvalue weighted by Gasteiger charge is 2.27. The highest BCUT2D eigenvalue weighted by Crippen LogP contribution is 2.32. The molecule has 0 saturated carbocycles. The highest BCUT2D eigenvalue weighted by molar-refractivity contribution is 6.21. The van der Waals surface area contributed by atoms with E-state index < -0.39 is 0 Å². The van der Waals surface area contributed by atoms with Crippen molar-refractivity contribution in [2.45, 2.75) is 39.5 Å². The van der Waals surface area contributed by atoms with Gasteiger partial charge in [-0.2, -0.15) is 0 Å². The van der Waals surface area contributed by atoms with Crippen molar-refractivity contribution in [3.8, 4) is 0 Å². The van der Waals surface area contributed by atoms with E-state index in [2.05, 4.69) is 38.1 Å². The van der Waals surface area contributed by atoms with Crippen molar-refractivity contribution in [1.29, 1.82) is 0 Å². The summed E-state index contributed by atoms with van der Waals surface area (Å²) in [6, 6.07) is 8.83. The first-order valence-electron chi connectivity index (χ1n) is 6.39. The minimum Gasteiger partial charge on any atom is -0.126 e. The van der Waals surface area contributed by atoms with Crippen molar-refractivity contribution in [3.63, 3.8) is 0 Å². The van der Waals surface area contributed by atoms with E-state index in [-0.39, 0.29) is 5.41 Å². The maximum atomic E-state index is 6.13. The zero-order chi connectivity index (χ0) is 12.7. The van der Waals surface area contributed by atoms with Gasteiger partial charge in [0.15, 0.2) is 0 Å². The Labute approximate surface area is 115 Å². The van der Waals surface area contributed by atoms with Crippen LogP contribution in [0.5, 0.6) is 0 Å². The van der Waals surface area contributed by atoms with Crippen LogP contribution < -0.4 is 0 Å². The second-order valence-electron chi connectivity index (χ2n) is 4.86. The third-order valence-electron chi connectivity index (χ3n) is 3.36. The molecule has 0 fully saturated rings. The number of aryl methyl sites for hydroxylation is 1. The Hall–Kier alpha value is -0.200. The van der Waals surface area contributed by atoms with Gasteiger partial charge in [0.1, 0.15) is 0 Å². The lowest BCUT2D eigenvalue weighted by atomic mass is 9.81. The molecule has 0 aliphatic heterocycles. The van der Waals surface area contributed by atoms with Crippen LogP contribution in [-0.2, 0) is 12.8 Å². The Morgan fingerprint density at radius 3 is 1.88 bits per heavy atom. The zero-order valence-corrected chi connectivity index (χ0v) is 12.3. The first-order chi connectivity index (χ1) is 8.19. The van der Waals surface area contributed by atoms with Crippen LogP contribution in [0, 0.1) is 5.41 Å². The van der Waals surface area contributed by atoms with Crippen LogP contribution in [0.25, 0.3) is 0 Å². The Kier molecular flexibility index (Phi) is 6.37. The van der Waals surface area contributed by atoms with Gasteiger partial charge >= 0.3 is 0 Å². The molecule has 0 aliphatic rings. The molecule has 0 saturated heterocycles. The summed E-state index contributed by atoms with van der Waals surface area (Å²) >= 11 is 12.3. The van der Waals surface area contributed by atoms with Gasteiger partial charge in [-0.05, 0) is 30.4 Å². The summed E-state index contributed by atoms with van der Waals surface area (Å²) in [6.07, 6.45) is 4.30. The van der Waals surface area contributed by atoms with Crippen LogP contribution in [0.1, 0.15) is 37.8 Å². The molecule has 0 atom stereocenters. The van der Waals surface area contributed by atoms with E-state index in [1.165, 1.54) is 11.1 Å². The Morgan fingerprint density at radius 2 is 1.47 bits per heavy atom. The quantitative estimate of drug-likeness (QED) is 0.609. The van der Waals surface area contributed by atoms with Gasteiger partial charge in [-0.1, -0.05) is 44.5 Å². The summed E-state index contributed by atoms with van der Waals surface area (Å²) in [5.41, 5.74) is 2.79. The summed E-state index contributed by atoms with van der Waals surface area (Å²) in [4.78, 5) is 0. The molecule has 0 unspecified atom stereocenters. The van der Waals surface area contributed by atoms with E-state index in [1.807, 2.05) is 0 Å². The predicted molar refractivity (Wildman–Crippen MR) is 78.3 cm³/mol. The van der Waals surface area contributed by atoms with Crippen LogP contribution in [0.2, 0.25) is 0 Å². The normalized spacial score (nSPS) is 11.8. The fourth-order valence-electron chi connectivity index (χ4n) is 2.21. The van der Waals surface area contributed by atoms with Gasteiger partial charge in [0.2, 0.25) is 0 Å². The fourth-order valence-corrected chi connectivity index (χ4v) is 2.95. The fraction of sp³-hybridized carbons (Fsp3) is 0.600. The first-order valence-corrected chi connectivity index (χ1v) is 7.46. The largest absolute Gasteiger partial charge is 0.126 e. The van der Waals surface area contributed by atoms with Crippen molar-refractivity contribution in [1.82, 2.24) is 0 Å². The van der Waals surface area contributed by atoms with E-state index in [1.54, 1.807) is 0 Å². The molecule has 1 aromatic rings. The first kappa shape index (κ1) is 14.9. The molecule has 0 N–H and O–H groups in total. The lowest BCUT2D eigenvalue weighted by Crippen LogP contribution is -2.27. The average Bonchev–Trinajstić information content (AvgIpc) is 2.39. The topological polar surface area (TPSA) is 0 Å². The number of halogens is 2. The predicted octanol–water partition coefficient (Wildman–Crippen LogP) is 5.06. The third-order valence-corrected chi connectivity index (χ3v) is 4.49. The molecule has 0 bridgehead atoms. The molecular formula is C15H22Cl2. The molecule has 0 aliphatic carbocycles. The molecule has 0 nitrogen and oxygen atoms in total. The molecule has 0 heterocycles. The van der Waals surface area contributed by atoms with E-state index in [0.717, 1.165) is 25.7 Å². The van der Waals surface area contributed by atoms with Crippen molar-refractivity contribution < 1.29 is 0 Å². The highest BCUT2D eigenvalue weighted by atomic mass is 35.5. The summed E-state index contributed by atoms with van der Waals surface area (Å²) in [5.74, 6) is 1.28. The molecule has 0 aromatic heterocycles. The van der Waals surface area contributed by atoms with E-state index in [0.29, 0.717) is 11.8 Å². The molecule has 17 heavy (non-hydrogen) atoms. The summed E-state index contributed by atoms with van der Waals surface area (Å²) in [7, 11) is 0. The molecule has 96 valence electrons. The average molecular weight is 273 g/mol. The monoisotopic (exact) mass is 272 g/mol. The van der Waals surface area contributed by atoms with E-state index >= 15 is 0 Å². The zero-order valence-electron chi connectivity index (χ0n) is 10.8. The van der Waals surface area contributed by atoms with Crippen LogP contribution in [-0.4, -0.2) is 11.8 Å². The van der Waals surface area contributed by atoms with Crippen molar-refractivity contribution in [2.24, 2.45) is 5.41 Å². The van der Waals surface area contributed by atoms with E-state index in [9.17, 15) is 0 Å². The van der Waals surface area contributed by atoms with Gasteiger partial charge in [-0.25, -0.2) is 0 Å². The summed E-state index contributed by atoms with van der Waals surface area (Å²) in [6.45, 7) is 4.36. The van der Waals surface area contributed by atoms with Gasteiger partial charge in [0.25, 0.3) is 0 Å². The maximum Gasteiger partial charge on any atom is 0.0294 e. The summed E-state index contributed by atoms with van der Waals surface area (Å²) < 4.78 is 0. The number of hydrogen-bond donors (Lipinski definition) is 0. The van der Waals surface area contributed by atoms with Crippen LogP contribution >= 0.6 is 23.2 Å². The molecule has 0 spiro atoms. The Balaban J connectivity index is 2.77. The molecule has 1 rings (SSSR count). The molecule has 0 amide bonds. The van der Waals surface area contributed by atoms with Gasteiger partial charge < -0.3 is 0 Å². The van der Waals surface area contributed by atoms with Gasteiger partial charge in [-0.15, -0.1) is 23.2 Å². The smallest absolute Gasteiger partial charge is 0.0294 e. The maximum absolute atomic E-state index is 6.13. The lowest BCUT2D eigenvalue weighted by molar-refractivity contribution is 0.341. The second-order valence-corrected chi connectivity index (χ2v) is 5.40. The van der Waals surface area contributed by atoms with Crippen molar-refractivity contribution >= 4 is 23.2 Å². The lowest BCUT2D eigenvalue weighted by Gasteiger charge is -2.29. The number of hydrogen-bond acceptors (Lipinski definition) is 0. The minimum atomic E-state index is 0.0611. The van der Waals surface area contributed by atoms with Crippen molar-refractivity contribution in [3.05, 3.63) is 35.4 Å². The number of benzene rings is 1. The minimum absolute atomic E-state index is 0.0611. The van der Waals surface area contributed by atoms with Crippen LogP contribution in [0.4, 0.5) is 0 Å². The molecule has 2 heteroatoms. The Bertz CT molecular complexity index is 312. The SMILES string of the molecule is CCCC(CCl)(CCl)Cc1ccc(CC)cc1. The van der Waals surface area contributed by atoms with Gasteiger partial charge in [-0.3, -0.25) is 0 Å². The number of rotatable bonds is 7. The van der Waals surface area contributed by atoms with Gasteiger partial charge in [0.05, 0.1) is 0 Å². The van der Waals surface area contributed by atoms with Gasteiger partial charge in [0, 0.05) is 17.2 Å². The third kappa shape index (κ3) is 4.19. The summed E-state index contributed by atoms with van der Waals surface area (Å²) in [5, 5.41) is 0. The Morgan fingerprint density at radius 1 is 0.941 bits per heavy atom. The second kappa shape index (κ2) is 7.28. The van der Waals surface area contributed by atoms with Crippen molar-refractivity contribution in [2.75, 3.05) is 11.8 Å². The van der Waals surface area contributed by atoms with Crippen LogP contribution in [0.15, 0.2) is 24.3 Å². The molecule has 0 radical (unpaired) electrons. The molecular weight excluding hydrogens is 251 g/mol. The standard InChI is InChI=1S/C15H22Cl2/c1-3-9-15(11-16,12-17)10-14-7-5-13(4-2)6-8-14/h5-8H,3-4,9-12H2,1-2H3. The van der Waals surface area contributed by atoms with E-state index in [4.69, 9.17) is 23.2 Å². The molecule has 1 aromatic carbocycles. The van der Waals surface area contributed by atoms with Crippen LogP contribution in [0.3, 0.4) is 0 Å².